The van der Waals surface area contributed by atoms with Crippen LogP contribution in [0.3, 0.4) is 0 Å². The van der Waals surface area contributed by atoms with Gasteiger partial charge in [-0.2, -0.15) is 0 Å². The van der Waals surface area contributed by atoms with Crippen molar-refractivity contribution >= 4 is 43.9 Å². The van der Waals surface area contributed by atoms with Crippen LogP contribution in [0.25, 0.3) is 0 Å². The average molecular weight is 359 g/mol. The molecule has 0 aliphatic rings. The van der Waals surface area contributed by atoms with Gasteiger partial charge in [0.25, 0.3) is 0 Å². The van der Waals surface area contributed by atoms with Gasteiger partial charge in [0, 0.05) is 5.69 Å². The summed E-state index contributed by atoms with van der Waals surface area (Å²) in [5.74, 6) is -0.807. The zero-order chi connectivity index (χ0) is 14.7. The Labute approximate surface area is 128 Å². The predicted molar refractivity (Wildman–Crippen MR) is 80.2 cm³/mol. The summed E-state index contributed by atoms with van der Waals surface area (Å²) in [4.78, 5) is 15.7. The lowest BCUT2D eigenvalue weighted by atomic mass is 10.2. The van der Waals surface area contributed by atoms with Gasteiger partial charge in [-0.3, -0.25) is 0 Å². The molecule has 0 amide bonds. The Kier molecular flexibility index (Phi) is 4.72. The van der Waals surface area contributed by atoms with Crippen molar-refractivity contribution in [2.24, 2.45) is 0 Å². The summed E-state index contributed by atoms with van der Waals surface area (Å²) >= 11 is 4.42. The van der Waals surface area contributed by atoms with E-state index >= 15 is 0 Å². The second-order valence-electron chi connectivity index (χ2n) is 3.96. The van der Waals surface area contributed by atoms with Crippen LogP contribution in [0, 0.1) is 12.7 Å². The summed E-state index contributed by atoms with van der Waals surface area (Å²) in [6.45, 7) is 3.80. The summed E-state index contributed by atoms with van der Waals surface area (Å²) in [7, 11) is 0. The molecule has 0 saturated heterocycles. The number of ether oxygens (including phenoxy) is 1. The van der Waals surface area contributed by atoms with Crippen LogP contribution in [0.2, 0.25) is 0 Å². The van der Waals surface area contributed by atoms with Crippen LogP contribution in [0.5, 0.6) is 0 Å². The minimum Gasteiger partial charge on any atom is -0.461 e. The molecule has 4 nitrogen and oxygen atoms in total. The molecule has 2 rings (SSSR count). The van der Waals surface area contributed by atoms with Crippen LogP contribution < -0.4 is 5.32 Å². The average Bonchev–Trinajstić information content (AvgIpc) is 2.84. The third-order valence-electron chi connectivity index (χ3n) is 2.55. The first-order valence-electron chi connectivity index (χ1n) is 5.86. The molecule has 0 unspecified atom stereocenters. The third-order valence-corrected chi connectivity index (χ3v) is 3.90. The molecule has 7 heteroatoms. The zero-order valence-corrected chi connectivity index (χ0v) is 13.3. The SMILES string of the molecule is CCOC(=O)c1ncsc1Nc1cc(Br)c(F)cc1C. The Morgan fingerprint density at radius 3 is 3.00 bits per heavy atom. The molecule has 1 aromatic heterocycles. The normalized spacial score (nSPS) is 10.4. The van der Waals surface area contributed by atoms with Crippen molar-refractivity contribution in [2.75, 3.05) is 11.9 Å². The Hall–Kier alpha value is -1.47. The molecule has 0 bridgehead atoms. The second-order valence-corrected chi connectivity index (χ2v) is 5.67. The van der Waals surface area contributed by atoms with Crippen molar-refractivity contribution in [2.45, 2.75) is 13.8 Å². The summed E-state index contributed by atoms with van der Waals surface area (Å²) in [6, 6.07) is 3.04. The van der Waals surface area contributed by atoms with E-state index in [0.29, 0.717) is 15.2 Å². The van der Waals surface area contributed by atoms with E-state index in [0.717, 1.165) is 5.56 Å². The fourth-order valence-electron chi connectivity index (χ4n) is 1.58. The van der Waals surface area contributed by atoms with Crippen molar-refractivity contribution in [1.29, 1.82) is 0 Å². The lowest BCUT2D eigenvalue weighted by molar-refractivity contribution is 0.0521. The lowest BCUT2D eigenvalue weighted by Crippen LogP contribution is -2.07. The summed E-state index contributed by atoms with van der Waals surface area (Å²) in [5, 5.41) is 3.66. The molecule has 0 atom stereocenters. The number of benzene rings is 1. The predicted octanol–water partition coefficient (Wildman–Crippen LogP) is 4.27. The fourth-order valence-corrected chi connectivity index (χ4v) is 2.61. The van der Waals surface area contributed by atoms with E-state index in [2.05, 4.69) is 26.2 Å². The number of esters is 1. The fraction of sp³-hybridized carbons (Fsp3) is 0.231. The van der Waals surface area contributed by atoms with Crippen molar-refractivity contribution in [3.63, 3.8) is 0 Å². The van der Waals surface area contributed by atoms with Gasteiger partial charge in [0.15, 0.2) is 5.69 Å². The number of aromatic nitrogens is 1. The summed E-state index contributed by atoms with van der Waals surface area (Å²) < 4.78 is 18.7. The van der Waals surface area contributed by atoms with E-state index in [1.807, 2.05) is 0 Å². The number of aryl methyl sites for hydroxylation is 1. The van der Waals surface area contributed by atoms with Crippen molar-refractivity contribution in [1.82, 2.24) is 4.98 Å². The number of carbonyl (C=O) groups excluding carboxylic acids is 1. The smallest absolute Gasteiger partial charge is 0.360 e. The van der Waals surface area contributed by atoms with Crippen LogP contribution in [0.15, 0.2) is 22.1 Å². The Morgan fingerprint density at radius 2 is 2.30 bits per heavy atom. The first kappa shape index (κ1) is 14.9. The van der Waals surface area contributed by atoms with E-state index in [9.17, 15) is 9.18 Å². The van der Waals surface area contributed by atoms with Gasteiger partial charge in [-0.15, -0.1) is 11.3 Å². The number of carbonyl (C=O) groups is 1. The number of thiazole rings is 1. The maximum Gasteiger partial charge on any atom is 0.360 e. The maximum absolute atomic E-state index is 13.4. The largest absolute Gasteiger partial charge is 0.461 e. The molecule has 0 saturated carbocycles. The van der Waals surface area contributed by atoms with Crippen molar-refractivity contribution in [3.05, 3.63) is 39.2 Å². The standard InChI is InChI=1S/C13H12BrFN2O2S/c1-3-19-13(18)11-12(20-6-16-11)17-10-5-8(14)9(15)4-7(10)2/h4-6,17H,3H2,1-2H3. The molecule has 0 aliphatic carbocycles. The summed E-state index contributed by atoms with van der Waals surface area (Å²) in [5.41, 5.74) is 3.22. The molecule has 0 radical (unpaired) electrons. The van der Waals surface area contributed by atoms with Crippen LogP contribution in [-0.2, 0) is 4.74 Å². The van der Waals surface area contributed by atoms with Gasteiger partial charge in [-0.05, 0) is 47.5 Å². The van der Waals surface area contributed by atoms with Crippen molar-refractivity contribution in [3.8, 4) is 0 Å². The number of anilines is 2. The molecule has 20 heavy (non-hydrogen) atoms. The lowest BCUT2D eigenvalue weighted by Gasteiger charge is -2.10. The number of hydrogen-bond acceptors (Lipinski definition) is 5. The van der Waals surface area contributed by atoms with Crippen LogP contribution >= 0.6 is 27.3 Å². The Morgan fingerprint density at radius 1 is 1.55 bits per heavy atom. The van der Waals surface area contributed by atoms with Crippen molar-refractivity contribution < 1.29 is 13.9 Å². The van der Waals surface area contributed by atoms with Gasteiger partial charge >= 0.3 is 5.97 Å². The van der Waals surface area contributed by atoms with E-state index in [-0.39, 0.29) is 18.1 Å². The number of nitrogens with zero attached hydrogens (tertiary/aromatic N) is 1. The second kappa shape index (κ2) is 6.32. The molecule has 0 spiro atoms. The highest BCUT2D eigenvalue weighted by Gasteiger charge is 2.17. The molecular weight excluding hydrogens is 347 g/mol. The van der Waals surface area contributed by atoms with E-state index in [1.54, 1.807) is 25.4 Å². The van der Waals surface area contributed by atoms with E-state index in [4.69, 9.17) is 4.74 Å². The highest BCUT2D eigenvalue weighted by atomic mass is 79.9. The molecule has 2 aromatic rings. The molecule has 0 aliphatic heterocycles. The van der Waals surface area contributed by atoms with Crippen LogP contribution in [0.4, 0.5) is 15.1 Å². The minimum absolute atomic E-state index is 0.233. The Balaban J connectivity index is 2.29. The molecule has 106 valence electrons. The number of rotatable bonds is 4. The van der Waals surface area contributed by atoms with Gasteiger partial charge < -0.3 is 10.1 Å². The van der Waals surface area contributed by atoms with Gasteiger partial charge in [0.1, 0.15) is 10.8 Å². The first-order valence-corrected chi connectivity index (χ1v) is 7.53. The number of nitrogens with one attached hydrogen (secondary N) is 1. The monoisotopic (exact) mass is 358 g/mol. The molecule has 1 N–H and O–H groups in total. The summed E-state index contributed by atoms with van der Waals surface area (Å²) in [6.07, 6.45) is 0. The van der Waals surface area contributed by atoms with Gasteiger partial charge in [0.2, 0.25) is 0 Å². The minimum atomic E-state index is -0.477. The van der Waals surface area contributed by atoms with Gasteiger partial charge in [-0.25, -0.2) is 14.2 Å². The van der Waals surface area contributed by atoms with E-state index in [1.165, 1.54) is 17.4 Å². The number of halogens is 2. The van der Waals surface area contributed by atoms with Gasteiger partial charge in [0.05, 0.1) is 16.6 Å². The first-order chi connectivity index (χ1) is 9.52. The van der Waals surface area contributed by atoms with Gasteiger partial charge in [-0.1, -0.05) is 0 Å². The quantitative estimate of drug-likeness (QED) is 0.829. The number of hydrogen-bond donors (Lipinski definition) is 1. The molecule has 1 heterocycles. The highest BCUT2D eigenvalue weighted by Crippen LogP contribution is 2.30. The zero-order valence-electron chi connectivity index (χ0n) is 10.9. The Bertz CT molecular complexity index is 645. The topological polar surface area (TPSA) is 51.2 Å². The molecular formula is C13H12BrFN2O2S. The van der Waals surface area contributed by atoms with Crippen LogP contribution in [-0.4, -0.2) is 17.6 Å². The van der Waals surface area contributed by atoms with E-state index < -0.39 is 5.97 Å². The maximum atomic E-state index is 13.4. The third kappa shape index (κ3) is 3.16. The molecule has 1 aromatic carbocycles. The highest BCUT2D eigenvalue weighted by molar-refractivity contribution is 9.10. The van der Waals surface area contributed by atoms with Crippen LogP contribution in [0.1, 0.15) is 23.0 Å². The molecule has 0 fully saturated rings.